The lowest BCUT2D eigenvalue weighted by atomic mass is 10.1. The number of halogens is 2. The number of hydrogen-bond acceptors (Lipinski definition) is 2. The molecular formula is C13H10BrFOS. The minimum Gasteiger partial charge on any atom is -0.288 e. The first-order chi connectivity index (χ1) is 7.99. The van der Waals surface area contributed by atoms with E-state index < -0.39 is 5.82 Å². The van der Waals surface area contributed by atoms with Crippen molar-refractivity contribution in [1.82, 2.24) is 0 Å². The van der Waals surface area contributed by atoms with Gasteiger partial charge in [-0.1, -0.05) is 11.6 Å². The molecule has 0 radical (unpaired) electrons. The van der Waals surface area contributed by atoms with Gasteiger partial charge in [-0.25, -0.2) is 4.39 Å². The van der Waals surface area contributed by atoms with E-state index in [4.69, 9.17) is 0 Å². The summed E-state index contributed by atoms with van der Waals surface area (Å²) in [6, 6.07) is 6.31. The van der Waals surface area contributed by atoms with E-state index in [1.807, 2.05) is 13.8 Å². The highest BCUT2D eigenvalue weighted by Crippen LogP contribution is 2.28. The summed E-state index contributed by atoms with van der Waals surface area (Å²) in [6.07, 6.45) is 0. The van der Waals surface area contributed by atoms with Gasteiger partial charge < -0.3 is 0 Å². The molecule has 2 rings (SSSR count). The summed E-state index contributed by atoms with van der Waals surface area (Å²) in [5.74, 6) is -0.729. The molecule has 0 spiro atoms. The average molecular weight is 313 g/mol. The van der Waals surface area contributed by atoms with Crippen molar-refractivity contribution in [1.29, 1.82) is 0 Å². The van der Waals surface area contributed by atoms with Crippen LogP contribution in [-0.4, -0.2) is 5.78 Å². The number of benzene rings is 1. The Morgan fingerprint density at radius 3 is 2.59 bits per heavy atom. The molecule has 0 bridgehead atoms. The predicted molar refractivity (Wildman–Crippen MR) is 71.3 cm³/mol. The number of ketones is 1. The zero-order valence-corrected chi connectivity index (χ0v) is 11.8. The van der Waals surface area contributed by atoms with Crippen molar-refractivity contribution in [3.8, 4) is 0 Å². The maximum atomic E-state index is 13.6. The Morgan fingerprint density at radius 2 is 2.00 bits per heavy atom. The lowest BCUT2D eigenvalue weighted by Crippen LogP contribution is -2.02. The van der Waals surface area contributed by atoms with Crippen LogP contribution in [0.15, 0.2) is 28.7 Å². The molecule has 0 aliphatic rings. The summed E-state index contributed by atoms with van der Waals surface area (Å²) in [4.78, 5) is 13.7. The second-order valence-corrected chi connectivity index (χ2v) is 5.94. The molecule has 1 heterocycles. The van der Waals surface area contributed by atoms with E-state index in [1.165, 1.54) is 17.4 Å². The Kier molecular flexibility index (Phi) is 3.45. The van der Waals surface area contributed by atoms with E-state index in [0.717, 1.165) is 14.9 Å². The smallest absolute Gasteiger partial charge is 0.205 e. The monoisotopic (exact) mass is 312 g/mol. The third-order valence-corrected chi connectivity index (χ3v) is 4.58. The van der Waals surface area contributed by atoms with Gasteiger partial charge in [0.25, 0.3) is 0 Å². The summed E-state index contributed by atoms with van der Waals surface area (Å²) >= 11 is 4.72. The van der Waals surface area contributed by atoms with Gasteiger partial charge in [0, 0.05) is 9.35 Å². The van der Waals surface area contributed by atoms with Crippen molar-refractivity contribution >= 4 is 33.0 Å². The Morgan fingerprint density at radius 1 is 1.29 bits per heavy atom. The quantitative estimate of drug-likeness (QED) is 0.746. The molecule has 88 valence electrons. The number of carbonyl (C=O) groups excluding carboxylic acids is 1. The van der Waals surface area contributed by atoms with Gasteiger partial charge in [0.1, 0.15) is 5.82 Å². The standard InChI is InChI=1S/C13H10BrFOS/c1-7-3-4-11(15)9(5-7)13(16)12-6-10(14)8(2)17-12/h3-6H,1-2H3. The normalized spacial score (nSPS) is 10.6. The Labute approximate surface area is 111 Å². The van der Waals surface area contributed by atoms with Crippen molar-refractivity contribution in [3.63, 3.8) is 0 Å². The summed E-state index contributed by atoms with van der Waals surface area (Å²) in [6.45, 7) is 3.75. The molecule has 0 aliphatic heterocycles. The maximum Gasteiger partial charge on any atom is 0.205 e. The van der Waals surface area contributed by atoms with Crippen molar-refractivity contribution in [3.05, 3.63) is 55.4 Å². The Bertz CT molecular complexity index is 570. The zero-order chi connectivity index (χ0) is 12.6. The third-order valence-electron chi connectivity index (χ3n) is 2.45. The number of thiophene rings is 1. The van der Waals surface area contributed by atoms with Crippen LogP contribution in [0.4, 0.5) is 4.39 Å². The van der Waals surface area contributed by atoms with Crippen LogP contribution in [0.2, 0.25) is 0 Å². The number of aryl methyl sites for hydroxylation is 2. The van der Waals surface area contributed by atoms with E-state index >= 15 is 0 Å². The predicted octanol–water partition coefficient (Wildman–Crippen LogP) is 4.50. The molecule has 17 heavy (non-hydrogen) atoms. The molecule has 0 aliphatic carbocycles. The van der Waals surface area contributed by atoms with Gasteiger partial charge >= 0.3 is 0 Å². The summed E-state index contributed by atoms with van der Waals surface area (Å²) < 4.78 is 14.5. The van der Waals surface area contributed by atoms with E-state index in [9.17, 15) is 9.18 Å². The first-order valence-corrected chi connectivity index (χ1v) is 6.67. The van der Waals surface area contributed by atoms with Crippen LogP contribution in [0.3, 0.4) is 0 Å². The molecule has 1 nitrogen and oxygen atoms in total. The number of hydrogen-bond donors (Lipinski definition) is 0. The first-order valence-electron chi connectivity index (χ1n) is 5.06. The van der Waals surface area contributed by atoms with Crippen molar-refractivity contribution in [2.45, 2.75) is 13.8 Å². The van der Waals surface area contributed by atoms with Crippen molar-refractivity contribution in [2.24, 2.45) is 0 Å². The van der Waals surface area contributed by atoms with Gasteiger partial charge in [0.2, 0.25) is 5.78 Å². The van der Waals surface area contributed by atoms with Gasteiger partial charge in [-0.15, -0.1) is 11.3 Å². The minimum atomic E-state index is -0.470. The fourth-order valence-electron chi connectivity index (χ4n) is 1.52. The fourth-order valence-corrected chi connectivity index (χ4v) is 3.01. The molecule has 4 heteroatoms. The van der Waals surface area contributed by atoms with Gasteiger partial charge in [0.05, 0.1) is 10.4 Å². The maximum absolute atomic E-state index is 13.6. The van der Waals surface area contributed by atoms with Gasteiger partial charge in [-0.2, -0.15) is 0 Å². The van der Waals surface area contributed by atoms with Crippen LogP contribution < -0.4 is 0 Å². The highest BCUT2D eigenvalue weighted by Gasteiger charge is 2.17. The molecule has 0 amide bonds. The number of carbonyl (C=O) groups is 1. The molecule has 0 saturated heterocycles. The molecule has 1 aromatic heterocycles. The van der Waals surface area contributed by atoms with Crippen LogP contribution in [0.25, 0.3) is 0 Å². The topological polar surface area (TPSA) is 17.1 Å². The molecule has 1 aromatic carbocycles. The Balaban J connectivity index is 2.47. The summed E-state index contributed by atoms with van der Waals surface area (Å²) in [5, 5.41) is 0. The Hall–Kier alpha value is -1.000. The van der Waals surface area contributed by atoms with Crippen molar-refractivity contribution < 1.29 is 9.18 Å². The second-order valence-electron chi connectivity index (χ2n) is 3.83. The molecular weight excluding hydrogens is 303 g/mol. The molecule has 0 N–H and O–H groups in total. The van der Waals surface area contributed by atoms with Gasteiger partial charge in [-0.3, -0.25) is 4.79 Å². The van der Waals surface area contributed by atoms with Crippen LogP contribution in [0.1, 0.15) is 25.7 Å². The van der Waals surface area contributed by atoms with E-state index in [0.29, 0.717) is 4.88 Å². The van der Waals surface area contributed by atoms with Crippen LogP contribution in [0, 0.1) is 19.7 Å². The van der Waals surface area contributed by atoms with Gasteiger partial charge in [-0.05, 0) is 48.0 Å². The molecule has 0 unspecified atom stereocenters. The lowest BCUT2D eigenvalue weighted by Gasteiger charge is -2.01. The largest absolute Gasteiger partial charge is 0.288 e. The van der Waals surface area contributed by atoms with E-state index in [-0.39, 0.29) is 11.3 Å². The zero-order valence-electron chi connectivity index (χ0n) is 9.38. The fraction of sp³-hybridized carbons (Fsp3) is 0.154. The average Bonchev–Trinajstić information content (AvgIpc) is 2.62. The molecule has 2 aromatic rings. The van der Waals surface area contributed by atoms with E-state index in [2.05, 4.69) is 15.9 Å². The van der Waals surface area contributed by atoms with Crippen LogP contribution in [0.5, 0.6) is 0 Å². The lowest BCUT2D eigenvalue weighted by molar-refractivity contribution is 0.103. The summed E-state index contributed by atoms with van der Waals surface area (Å²) in [5.41, 5.74) is 1.01. The summed E-state index contributed by atoms with van der Waals surface area (Å²) in [7, 11) is 0. The highest BCUT2D eigenvalue weighted by atomic mass is 79.9. The van der Waals surface area contributed by atoms with Gasteiger partial charge in [0.15, 0.2) is 0 Å². The first kappa shape index (κ1) is 12.5. The third kappa shape index (κ3) is 2.48. The van der Waals surface area contributed by atoms with Crippen LogP contribution in [-0.2, 0) is 0 Å². The number of rotatable bonds is 2. The molecule has 0 saturated carbocycles. The van der Waals surface area contributed by atoms with Crippen molar-refractivity contribution in [2.75, 3.05) is 0 Å². The second kappa shape index (κ2) is 4.70. The van der Waals surface area contributed by atoms with Crippen LogP contribution >= 0.6 is 27.3 Å². The SMILES string of the molecule is Cc1ccc(F)c(C(=O)c2cc(Br)c(C)s2)c1. The molecule has 0 fully saturated rings. The molecule has 0 atom stereocenters. The minimum absolute atomic E-state index is 0.138. The highest BCUT2D eigenvalue weighted by molar-refractivity contribution is 9.10. The van der Waals surface area contributed by atoms with E-state index in [1.54, 1.807) is 18.2 Å².